The Labute approximate surface area is 104 Å². The van der Waals surface area contributed by atoms with Crippen LogP contribution < -0.4 is 5.73 Å². The Morgan fingerprint density at radius 1 is 1.18 bits per heavy atom. The van der Waals surface area contributed by atoms with E-state index in [4.69, 9.17) is 5.73 Å². The van der Waals surface area contributed by atoms with Crippen LogP contribution in [-0.4, -0.2) is 5.78 Å². The van der Waals surface area contributed by atoms with Crippen LogP contribution in [0.5, 0.6) is 0 Å². The monoisotopic (exact) mass is 231 g/mol. The molecule has 2 N–H and O–H groups in total. The molecule has 0 aliphatic rings. The zero-order valence-electron chi connectivity index (χ0n) is 10.5. The van der Waals surface area contributed by atoms with Crippen molar-refractivity contribution in [2.24, 2.45) is 0 Å². The Balaban J connectivity index is 2.32. The van der Waals surface area contributed by atoms with Crippen LogP contribution in [0, 0.1) is 0 Å². The van der Waals surface area contributed by atoms with E-state index >= 15 is 0 Å². The van der Waals surface area contributed by atoms with E-state index in [2.05, 4.69) is 6.92 Å². The average molecular weight is 231 g/mol. The Morgan fingerprint density at radius 3 is 2.53 bits per heavy atom. The van der Waals surface area contributed by atoms with E-state index in [9.17, 15) is 4.79 Å². The van der Waals surface area contributed by atoms with E-state index in [1.165, 1.54) is 12.8 Å². The zero-order chi connectivity index (χ0) is 12.5. The summed E-state index contributed by atoms with van der Waals surface area (Å²) in [4.78, 5) is 11.5. The zero-order valence-corrected chi connectivity index (χ0v) is 10.5. The maximum Gasteiger partial charge on any atom is 0.155 e. The predicted octanol–water partition coefficient (Wildman–Crippen LogP) is 3.82. The molecule has 0 fully saturated rings. The molecule has 0 radical (unpaired) electrons. The molecule has 92 valence electrons. The van der Waals surface area contributed by atoms with Crippen LogP contribution in [0.15, 0.2) is 30.3 Å². The number of nitrogen functional groups attached to an aromatic ring is 1. The minimum absolute atomic E-state index is 0.206. The van der Waals surface area contributed by atoms with Gasteiger partial charge in [0.1, 0.15) is 0 Å². The number of carbonyl (C=O) groups excluding carboxylic acids is 1. The Morgan fingerprint density at radius 2 is 1.88 bits per heavy atom. The minimum Gasteiger partial charge on any atom is -0.399 e. The van der Waals surface area contributed by atoms with Crippen molar-refractivity contribution in [1.29, 1.82) is 0 Å². The largest absolute Gasteiger partial charge is 0.399 e. The van der Waals surface area contributed by atoms with Crippen LogP contribution in [0.25, 0.3) is 6.08 Å². The van der Waals surface area contributed by atoms with Gasteiger partial charge in [-0.25, -0.2) is 0 Å². The summed E-state index contributed by atoms with van der Waals surface area (Å²) >= 11 is 0. The Kier molecular flexibility index (Phi) is 6.08. The molecular formula is C15H21NO. The summed E-state index contributed by atoms with van der Waals surface area (Å²) in [5.74, 6) is 0.206. The smallest absolute Gasteiger partial charge is 0.155 e. The molecule has 0 unspecified atom stereocenters. The van der Waals surface area contributed by atoms with Gasteiger partial charge in [-0.2, -0.15) is 0 Å². The van der Waals surface area contributed by atoms with Crippen molar-refractivity contribution in [3.05, 3.63) is 35.9 Å². The van der Waals surface area contributed by atoms with Crippen LogP contribution in [0.1, 0.15) is 44.6 Å². The lowest BCUT2D eigenvalue weighted by atomic mass is 10.1. The molecule has 0 aromatic heterocycles. The number of nitrogens with two attached hydrogens (primary N) is 1. The summed E-state index contributed by atoms with van der Waals surface area (Å²) in [6, 6.07) is 7.50. The molecule has 0 heterocycles. The fourth-order valence-electron chi connectivity index (χ4n) is 1.61. The predicted molar refractivity (Wildman–Crippen MR) is 73.7 cm³/mol. The van der Waals surface area contributed by atoms with Gasteiger partial charge < -0.3 is 5.73 Å². The summed E-state index contributed by atoms with van der Waals surface area (Å²) in [5, 5.41) is 0. The third-order valence-corrected chi connectivity index (χ3v) is 2.67. The van der Waals surface area contributed by atoms with E-state index in [0.717, 1.165) is 24.1 Å². The highest BCUT2D eigenvalue weighted by molar-refractivity contribution is 5.93. The normalized spacial score (nSPS) is 10.9. The molecule has 1 aromatic rings. The number of hydrogen-bond acceptors (Lipinski definition) is 2. The molecule has 2 nitrogen and oxygen atoms in total. The van der Waals surface area contributed by atoms with E-state index < -0.39 is 0 Å². The number of rotatable bonds is 7. The van der Waals surface area contributed by atoms with Gasteiger partial charge in [-0.1, -0.05) is 44.4 Å². The minimum atomic E-state index is 0.206. The number of hydrogen-bond donors (Lipinski definition) is 1. The van der Waals surface area contributed by atoms with Gasteiger partial charge in [-0.05, 0) is 30.2 Å². The molecule has 1 rings (SSSR count). The molecule has 0 aliphatic heterocycles. The van der Waals surface area contributed by atoms with Crippen molar-refractivity contribution in [2.75, 3.05) is 5.73 Å². The second-order valence-electron chi connectivity index (χ2n) is 4.28. The Hall–Kier alpha value is -1.57. The van der Waals surface area contributed by atoms with E-state index in [1.807, 2.05) is 30.3 Å². The molecule has 0 saturated heterocycles. The van der Waals surface area contributed by atoms with Crippen molar-refractivity contribution in [3.8, 4) is 0 Å². The number of allylic oxidation sites excluding steroid dienone is 1. The number of benzene rings is 1. The van der Waals surface area contributed by atoms with Crippen molar-refractivity contribution in [2.45, 2.75) is 39.0 Å². The van der Waals surface area contributed by atoms with Gasteiger partial charge in [0.05, 0.1) is 0 Å². The van der Waals surface area contributed by atoms with Crippen LogP contribution in [0.2, 0.25) is 0 Å². The van der Waals surface area contributed by atoms with Gasteiger partial charge in [0.15, 0.2) is 5.78 Å². The van der Waals surface area contributed by atoms with Crippen molar-refractivity contribution >= 4 is 17.5 Å². The lowest BCUT2D eigenvalue weighted by molar-refractivity contribution is -0.114. The Bertz CT molecular complexity index is 365. The van der Waals surface area contributed by atoms with Gasteiger partial charge >= 0.3 is 0 Å². The van der Waals surface area contributed by atoms with Crippen molar-refractivity contribution < 1.29 is 4.79 Å². The maximum absolute atomic E-state index is 11.5. The van der Waals surface area contributed by atoms with E-state index in [1.54, 1.807) is 6.08 Å². The number of unbranched alkanes of at least 4 members (excludes halogenated alkanes) is 3. The number of ketones is 1. The summed E-state index contributed by atoms with van der Waals surface area (Å²) in [6.45, 7) is 2.17. The molecule has 0 bridgehead atoms. The standard InChI is InChI=1S/C15H21NO/c1-2-3-4-5-6-15(17)12-9-13-7-10-14(16)11-8-13/h7-12H,2-6,16H2,1H3/b12-9+. The van der Waals surface area contributed by atoms with Gasteiger partial charge in [-0.3, -0.25) is 4.79 Å². The first-order valence-corrected chi connectivity index (χ1v) is 6.29. The third kappa shape index (κ3) is 5.91. The second kappa shape index (κ2) is 7.66. The number of anilines is 1. The van der Waals surface area contributed by atoms with Crippen LogP contribution in [-0.2, 0) is 4.79 Å². The number of carbonyl (C=O) groups is 1. The fourth-order valence-corrected chi connectivity index (χ4v) is 1.61. The first kappa shape index (κ1) is 13.5. The SMILES string of the molecule is CCCCCCC(=O)/C=C/c1ccc(N)cc1. The lowest BCUT2D eigenvalue weighted by Crippen LogP contribution is -1.92. The maximum atomic E-state index is 11.5. The highest BCUT2D eigenvalue weighted by Gasteiger charge is 1.96. The van der Waals surface area contributed by atoms with Crippen LogP contribution >= 0.6 is 0 Å². The van der Waals surface area contributed by atoms with Gasteiger partial charge in [-0.15, -0.1) is 0 Å². The van der Waals surface area contributed by atoms with Crippen LogP contribution in [0.4, 0.5) is 5.69 Å². The molecule has 0 spiro atoms. The van der Waals surface area contributed by atoms with E-state index in [0.29, 0.717) is 6.42 Å². The molecule has 0 saturated carbocycles. The van der Waals surface area contributed by atoms with E-state index in [-0.39, 0.29) is 5.78 Å². The topological polar surface area (TPSA) is 43.1 Å². The second-order valence-corrected chi connectivity index (χ2v) is 4.28. The molecule has 0 atom stereocenters. The highest BCUT2D eigenvalue weighted by atomic mass is 16.1. The molecule has 0 amide bonds. The van der Waals surface area contributed by atoms with Gasteiger partial charge in [0.2, 0.25) is 0 Å². The first-order valence-electron chi connectivity index (χ1n) is 6.29. The highest BCUT2D eigenvalue weighted by Crippen LogP contribution is 2.08. The van der Waals surface area contributed by atoms with Crippen molar-refractivity contribution in [3.63, 3.8) is 0 Å². The molecule has 1 aromatic carbocycles. The molecule has 17 heavy (non-hydrogen) atoms. The fraction of sp³-hybridized carbons (Fsp3) is 0.400. The van der Waals surface area contributed by atoms with Crippen molar-refractivity contribution in [1.82, 2.24) is 0 Å². The summed E-state index contributed by atoms with van der Waals surface area (Å²) in [7, 11) is 0. The third-order valence-electron chi connectivity index (χ3n) is 2.67. The first-order chi connectivity index (χ1) is 8.22. The lowest BCUT2D eigenvalue weighted by Gasteiger charge is -1.97. The molecular weight excluding hydrogens is 210 g/mol. The summed E-state index contributed by atoms with van der Waals surface area (Å²) in [6.07, 6.45) is 8.74. The van der Waals surface area contributed by atoms with Gasteiger partial charge in [0, 0.05) is 12.1 Å². The molecule has 2 heteroatoms. The summed E-state index contributed by atoms with van der Waals surface area (Å²) in [5.41, 5.74) is 7.34. The quantitative estimate of drug-likeness (QED) is 0.440. The van der Waals surface area contributed by atoms with Gasteiger partial charge in [0.25, 0.3) is 0 Å². The summed E-state index contributed by atoms with van der Waals surface area (Å²) < 4.78 is 0. The molecule has 0 aliphatic carbocycles. The average Bonchev–Trinajstić information content (AvgIpc) is 2.34. The van der Waals surface area contributed by atoms with Crippen LogP contribution in [0.3, 0.4) is 0 Å².